The maximum atomic E-state index is 12.3. The monoisotopic (exact) mass is 486 g/mol. The van der Waals surface area contributed by atoms with Crippen LogP contribution in [0.5, 0.6) is 0 Å². The highest BCUT2D eigenvalue weighted by Crippen LogP contribution is 2.38. The molecule has 0 bridgehead atoms. The molecule has 3 heterocycles. The quantitative estimate of drug-likeness (QED) is 0.287. The van der Waals surface area contributed by atoms with Crippen LogP contribution in [0, 0.1) is 0 Å². The Morgan fingerprint density at radius 2 is 2.16 bits per heavy atom. The zero-order chi connectivity index (χ0) is 18.2. The summed E-state index contributed by atoms with van der Waals surface area (Å²) in [4.78, 5) is 38.2. The fraction of sp³-hybridized carbons (Fsp3) is 0.583. The predicted octanol–water partition coefficient (Wildman–Crippen LogP) is -0.214. The van der Waals surface area contributed by atoms with E-state index in [1.165, 1.54) is 21.8 Å². The molecule has 3 atom stereocenters. The van der Waals surface area contributed by atoms with Gasteiger partial charge in [0.1, 0.15) is 18.7 Å². The van der Waals surface area contributed by atoms with Crippen molar-refractivity contribution in [2.45, 2.75) is 31.4 Å². The zero-order valence-corrected chi connectivity index (χ0v) is 15.9. The molecule has 2 aromatic heterocycles. The number of halogens is 1. The van der Waals surface area contributed by atoms with Gasteiger partial charge in [0.05, 0.1) is 19.0 Å². The van der Waals surface area contributed by atoms with Crippen molar-refractivity contribution in [1.29, 1.82) is 0 Å². The molecule has 138 valence electrons. The number of phosphoric acid groups is 1. The van der Waals surface area contributed by atoms with E-state index in [0.29, 0.717) is 12.2 Å². The van der Waals surface area contributed by atoms with E-state index in [1.807, 2.05) is 0 Å². The van der Waals surface area contributed by atoms with Gasteiger partial charge in [-0.2, -0.15) is 0 Å². The van der Waals surface area contributed by atoms with E-state index in [1.54, 1.807) is 0 Å². The van der Waals surface area contributed by atoms with E-state index in [4.69, 9.17) is 14.5 Å². The van der Waals surface area contributed by atoms with Crippen molar-refractivity contribution in [3.63, 3.8) is 0 Å². The molecular formula is C12H16IN4O7P. The highest BCUT2D eigenvalue weighted by atomic mass is 127. The Labute approximate surface area is 155 Å². The van der Waals surface area contributed by atoms with Crippen LogP contribution in [-0.2, 0) is 20.4 Å². The fourth-order valence-electron chi connectivity index (χ4n) is 2.61. The van der Waals surface area contributed by atoms with Gasteiger partial charge in [0.2, 0.25) is 0 Å². The lowest BCUT2D eigenvalue weighted by Gasteiger charge is -2.16. The molecule has 0 radical (unpaired) electrons. The maximum Gasteiger partial charge on any atom is 0.469 e. The molecule has 11 nitrogen and oxygen atoms in total. The standard InChI is InChI=1S/C12H16IN4O7P/c13-1-2-16-5-15-11-10(12(16)19)14-6-17(11)9-3-7(18)8(24-9)4-23-25(20,21)22/h5-9,18H,1-4H2,(H2,20,21,22)/t7-,8+,9+/m0/s1. The fourth-order valence-corrected chi connectivity index (χ4v) is 3.47. The van der Waals surface area contributed by atoms with Crippen LogP contribution in [0.3, 0.4) is 0 Å². The second kappa shape index (κ2) is 7.39. The summed E-state index contributed by atoms with van der Waals surface area (Å²) in [5.41, 5.74) is 0.254. The lowest BCUT2D eigenvalue weighted by molar-refractivity contribution is -0.0424. The number of ether oxygens (including phenoxy) is 1. The normalized spacial score (nSPS) is 24.2. The van der Waals surface area contributed by atoms with Crippen LogP contribution in [-0.4, -0.2) is 57.2 Å². The first-order chi connectivity index (χ1) is 11.8. The molecule has 0 amide bonds. The molecule has 1 fully saturated rings. The van der Waals surface area contributed by atoms with Crippen molar-refractivity contribution >= 4 is 41.6 Å². The molecule has 1 saturated heterocycles. The largest absolute Gasteiger partial charge is 0.469 e. The highest BCUT2D eigenvalue weighted by molar-refractivity contribution is 14.1. The van der Waals surface area contributed by atoms with Crippen LogP contribution >= 0.6 is 30.4 Å². The Balaban J connectivity index is 1.82. The van der Waals surface area contributed by atoms with Gasteiger partial charge >= 0.3 is 7.82 Å². The van der Waals surface area contributed by atoms with Crippen LogP contribution in [0.1, 0.15) is 12.6 Å². The second-order valence-electron chi connectivity index (χ2n) is 5.47. The number of aliphatic hydroxyl groups excluding tert-OH is 1. The number of rotatable bonds is 6. The Morgan fingerprint density at radius 1 is 1.40 bits per heavy atom. The smallest absolute Gasteiger partial charge is 0.390 e. The number of hydrogen-bond donors (Lipinski definition) is 3. The minimum Gasteiger partial charge on any atom is -0.390 e. The molecular weight excluding hydrogens is 470 g/mol. The lowest BCUT2D eigenvalue weighted by Crippen LogP contribution is -2.26. The van der Waals surface area contributed by atoms with Crippen LogP contribution in [0.2, 0.25) is 0 Å². The molecule has 25 heavy (non-hydrogen) atoms. The SMILES string of the molecule is O=c1c2ncn([C@H]3C[C@H](O)[C@@H](COP(=O)(O)O)O3)c2ncn1CCI. The molecule has 0 unspecified atom stereocenters. The summed E-state index contributed by atoms with van der Waals surface area (Å²) in [6, 6.07) is 0. The summed E-state index contributed by atoms with van der Waals surface area (Å²) in [6.07, 6.45) is 0.429. The number of alkyl halides is 1. The molecule has 0 aliphatic carbocycles. The molecule has 13 heteroatoms. The number of aryl methyl sites for hydroxylation is 1. The first-order valence-corrected chi connectivity index (χ1v) is 10.4. The van der Waals surface area contributed by atoms with Crippen LogP contribution < -0.4 is 5.56 Å². The van der Waals surface area contributed by atoms with Crippen molar-refractivity contribution < 1.29 is 28.7 Å². The number of aromatic nitrogens is 4. The highest BCUT2D eigenvalue weighted by Gasteiger charge is 2.37. The first-order valence-electron chi connectivity index (χ1n) is 7.31. The summed E-state index contributed by atoms with van der Waals surface area (Å²) >= 11 is 2.16. The third-order valence-electron chi connectivity index (χ3n) is 3.80. The van der Waals surface area contributed by atoms with Gasteiger partial charge in [0.15, 0.2) is 11.2 Å². The second-order valence-corrected chi connectivity index (χ2v) is 7.79. The van der Waals surface area contributed by atoms with Gasteiger partial charge in [-0.25, -0.2) is 14.5 Å². The average molecular weight is 486 g/mol. The van der Waals surface area contributed by atoms with Crippen molar-refractivity contribution in [3.05, 3.63) is 23.0 Å². The number of nitrogens with zero attached hydrogens (tertiary/aromatic N) is 4. The summed E-state index contributed by atoms with van der Waals surface area (Å²) in [6.45, 7) is 0.0695. The number of aliphatic hydroxyl groups is 1. The third kappa shape index (κ3) is 4.10. The molecule has 0 aromatic carbocycles. The number of phosphoric ester groups is 1. The van der Waals surface area contributed by atoms with Crippen molar-refractivity contribution in [2.24, 2.45) is 0 Å². The van der Waals surface area contributed by atoms with Gasteiger partial charge in [-0.1, -0.05) is 22.6 Å². The number of imidazole rings is 1. The summed E-state index contributed by atoms with van der Waals surface area (Å²) in [5, 5.41) is 10.0. The Kier molecular flexibility index (Phi) is 5.58. The summed E-state index contributed by atoms with van der Waals surface area (Å²) in [5.74, 6) is 0. The lowest BCUT2D eigenvalue weighted by atomic mass is 10.2. The minimum atomic E-state index is -4.65. The van der Waals surface area contributed by atoms with Crippen LogP contribution in [0.15, 0.2) is 17.4 Å². The molecule has 0 saturated carbocycles. The summed E-state index contributed by atoms with van der Waals surface area (Å²) < 4.78 is 24.5. The van der Waals surface area contributed by atoms with E-state index in [0.717, 1.165) is 4.43 Å². The Morgan fingerprint density at radius 3 is 2.84 bits per heavy atom. The average Bonchev–Trinajstić information content (AvgIpc) is 3.11. The van der Waals surface area contributed by atoms with Gasteiger partial charge in [-0.15, -0.1) is 0 Å². The zero-order valence-electron chi connectivity index (χ0n) is 12.8. The van der Waals surface area contributed by atoms with Gasteiger partial charge in [0.25, 0.3) is 5.56 Å². The van der Waals surface area contributed by atoms with E-state index in [2.05, 4.69) is 37.1 Å². The molecule has 0 spiro atoms. The third-order valence-corrected chi connectivity index (χ3v) is 4.77. The van der Waals surface area contributed by atoms with Crippen molar-refractivity contribution in [1.82, 2.24) is 19.1 Å². The summed E-state index contributed by atoms with van der Waals surface area (Å²) in [7, 11) is -4.65. The number of hydrogen-bond acceptors (Lipinski definition) is 7. The minimum absolute atomic E-state index is 0.152. The van der Waals surface area contributed by atoms with E-state index in [9.17, 15) is 14.5 Å². The van der Waals surface area contributed by atoms with Gasteiger partial charge in [0, 0.05) is 17.4 Å². The van der Waals surface area contributed by atoms with Crippen molar-refractivity contribution in [3.8, 4) is 0 Å². The van der Waals surface area contributed by atoms with Crippen molar-refractivity contribution in [2.75, 3.05) is 11.0 Å². The van der Waals surface area contributed by atoms with Crippen LogP contribution in [0.4, 0.5) is 0 Å². The Bertz CT molecular complexity index is 865. The number of fused-ring (bicyclic) bond motifs is 1. The van der Waals surface area contributed by atoms with E-state index >= 15 is 0 Å². The van der Waals surface area contributed by atoms with Crippen LogP contribution in [0.25, 0.3) is 11.2 Å². The topological polar surface area (TPSA) is 149 Å². The first kappa shape index (κ1) is 18.9. The molecule has 2 aromatic rings. The molecule has 3 N–H and O–H groups in total. The molecule has 3 rings (SSSR count). The molecule has 1 aliphatic rings. The predicted molar refractivity (Wildman–Crippen MR) is 93.2 cm³/mol. The Hall–Kier alpha value is -0.890. The maximum absolute atomic E-state index is 12.3. The van der Waals surface area contributed by atoms with Gasteiger partial charge in [-0.05, 0) is 0 Å². The van der Waals surface area contributed by atoms with E-state index < -0.39 is 32.9 Å². The van der Waals surface area contributed by atoms with Gasteiger partial charge in [-0.3, -0.25) is 18.5 Å². The molecule has 1 aliphatic heterocycles. The van der Waals surface area contributed by atoms with E-state index in [-0.39, 0.29) is 17.5 Å². The van der Waals surface area contributed by atoms with Gasteiger partial charge < -0.3 is 19.6 Å².